The predicted molar refractivity (Wildman–Crippen MR) is 81.5 cm³/mol. The molecule has 2 radical (unpaired) electrons. The molecule has 0 atom stereocenters. The molecule has 0 heterocycles. The molecule has 3 heteroatoms. The molecular weight excluding hydrogens is 327 g/mol. The van der Waals surface area contributed by atoms with Crippen LogP contribution in [-0.4, -0.2) is 31.1 Å². The number of unbranched alkanes of at least 4 members (excludes halogenated alkanes) is 2. The first kappa shape index (κ1) is 18.6. The van der Waals surface area contributed by atoms with Crippen LogP contribution >= 0.6 is 24.0 Å². The van der Waals surface area contributed by atoms with E-state index >= 15 is 0 Å². The van der Waals surface area contributed by atoms with Crippen molar-refractivity contribution >= 4 is 49.3 Å². The van der Waals surface area contributed by atoms with E-state index in [9.17, 15) is 0 Å². The van der Waals surface area contributed by atoms with Gasteiger partial charge in [0.15, 0.2) is 0 Å². The first-order chi connectivity index (χ1) is 7.04. The van der Waals surface area contributed by atoms with Gasteiger partial charge in [-0.15, -0.1) is 11.8 Å². The van der Waals surface area contributed by atoms with Gasteiger partial charge in [-0.1, -0.05) is 45.3 Å². The maximum atomic E-state index is 4.98. The Morgan fingerprint density at radius 2 is 1.73 bits per heavy atom. The summed E-state index contributed by atoms with van der Waals surface area (Å²) >= 11 is 7.03. The average molecular weight is 353 g/mol. The summed E-state index contributed by atoms with van der Waals surface area (Å²) in [6.45, 7) is 6.58. The molecule has 0 aliphatic carbocycles. The van der Waals surface area contributed by atoms with Crippen molar-refractivity contribution in [3.05, 3.63) is 0 Å². The zero-order valence-corrected chi connectivity index (χ0v) is 15.4. The molecule has 0 fully saturated rings. The van der Waals surface area contributed by atoms with Crippen LogP contribution in [-0.2, 0) is 0 Å². The van der Waals surface area contributed by atoms with Crippen LogP contribution in [0, 0.1) is 5.92 Å². The molecule has 0 aromatic carbocycles. The van der Waals surface area contributed by atoms with Gasteiger partial charge in [0.2, 0.25) is 0 Å². The molecule has 0 aromatic heterocycles. The van der Waals surface area contributed by atoms with Crippen molar-refractivity contribution in [2.45, 2.75) is 56.3 Å². The molecule has 0 aromatic rings. The molecule has 90 valence electrons. The Morgan fingerprint density at radius 3 is 2.13 bits per heavy atom. The summed E-state index contributed by atoms with van der Waals surface area (Å²) in [6, 6.07) is 0. The molecule has 0 rings (SSSR count). The van der Waals surface area contributed by atoms with E-state index in [1.807, 2.05) is 18.7 Å². The van der Waals surface area contributed by atoms with E-state index in [2.05, 4.69) is 23.7 Å². The van der Waals surface area contributed by atoms with Crippen LogP contribution in [0.15, 0.2) is 0 Å². The summed E-state index contributed by atoms with van der Waals surface area (Å²) in [7, 11) is 0. The van der Waals surface area contributed by atoms with Crippen molar-refractivity contribution in [3.8, 4) is 0 Å². The zero-order chi connectivity index (χ0) is 12.1. The molecule has 0 saturated heterocycles. The molecular formula is C12H26S2Sn. The second kappa shape index (κ2) is 15.2. The molecule has 0 bridgehead atoms. The maximum absolute atomic E-state index is 4.98. The third-order valence-corrected chi connectivity index (χ3v) is 2.98. The fraction of sp³-hybridized carbons (Fsp3) is 0.917. The Balaban J connectivity index is 0. The molecule has 0 saturated carbocycles. The van der Waals surface area contributed by atoms with Crippen LogP contribution in [0.5, 0.6) is 0 Å². The van der Waals surface area contributed by atoms with E-state index in [0.717, 1.165) is 10.1 Å². The van der Waals surface area contributed by atoms with Crippen molar-refractivity contribution < 1.29 is 0 Å². The van der Waals surface area contributed by atoms with E-state index in [-0.39, 0.29) is 21.1 Å². The first-order valence-corrected chi connectivity index (χ1v) is 12.9. The molecule has 0 unspecified atom stereocenters. The van der Waals surface area contributed by atoms with Crippen LogP contribution in [0.25, 0.3) is 0 Å². The van der Waals surface area contributed by atoms with Crippen molar-refractivity contribution in [1.82, 2.24) is 0 Å². The van der Waals surface area contributed by atoms with Crippen molar-refractivity contribution in [2.24, 2.45) is 5.92 Å². The molecule has 0 aliphatic heterocycles. The summed E-state index contributed by atoms with van der Waals surface area (Å²) in [5.74, 6) is 2.08. The molecule has 0 nitrogen and oxygen atoms in total. The van der Waals surface area contributed by atoms with Crippen LogP contribution in [0.3, 0.4) is 0 Å². The monoisotopic (exact) mass is 354 g/mol. The van der Waals surface area contributed by atoms with Gasteiger partial charge in [-0.3, -0.25) is 0 Å². The van der Waals surface area contributed by atoms with Crippen molar-refractivity contribution in [1.29, 1.82) is 0 Å². The summed E-state index contributed by atoms with van der Waals surface area (Å²) in [6.07, 6.45) is 5.45. The number of hydrogen-bond donors (Lipinski definition) is 0. The second-order valence-corrected chi connectivity index (χ2v) is 9.12. The number of thiocarbonyl (C=S) groups is 1. The molecule has 0 N–H and O–H groups in total. The van der Waals surface area contributed by atoms with E-state index in [0.29, 0.717) is 0 Å². The van der Waals surface area contributed by atoms with Gasteiger partial charge in [0.1, 0.15) is 0 Å². The van der Waals surface area contributed by atoms with Crippen LogP contribution in [0.4, 0.5) is 0 Å². The first-order valence-electron chi connectivity index (χ1n) is 5.76. The van der Waals surface area contributed by atoms with E-state index < -0.39 is 0 Å². The van der Waals surface area contributed by atoms with Crippen LogP contribution in [0.2, 0.25) is 9.88 Å². The van der Waals surface area contributed by atoms with Gasteiger partial charge in [-0.25, -0.2) is 0 Å². The predicted octanol–water partition coefficient (Wildman–Crippen LogP) is 5.07. The third-order valence-electron chi connectivity index (χ3n) is 1.73. The SMILES string of the molecule is CC(=S)SCCCCCC(C)C.[CH3][Sn][CH3]. The number of hydrogen-bond acceptors (Lipinski definition) is 2. The fourth-order valence-electron chi connectivity index (χ4n) is 1.05. The Morgan fingerprint density at radius 1 is 1.20 bits per heavy atom. The van der Waals surface area contributed by atoms with Gasteiger partial charge < -0.3 is 0 Å². The van der Waals surface area contributed by atoms with E-state index in [4.69, 9.17) is 12.2 Å². The molecule has 0 amide bonds. The summed E-state index contributed by atoms with van der Waals surface area (Å²) < 4.78 is 1.08. The zero-order valence-electron chi connectivity index (χ0n) is 10.9. The Kier molecular flexibility index (Phi) is 18.9. The normalized spacial score (nSPS) is 9.73. The summed E-state index contributed by atoms with van der Waals surface area (Å²) in [4.78, 5) is 4.59. The third kappa shape index (κ3) is 25.5. The topological polar surface area (TPSA) is 0 Å². The van der Waals surface area contributed by atoms with Crippen molar-refractivity contribution in [2.75, 3.05) is 5.75 Å². The van der Waals surface area contributed by atoms with Gasteiger partial charge in [0, 0.05) is 4.20 Å². The van der Waals surface area contributed by atoms with Gasteiger partial charge in [0.05, 0.1) is 0 Å². The van der Waals surface area contributed by atoms with E-state index in [1.165, 1.54) is 31.4 Å². The number of thioether (sulfide) groups is 1. The van der Waals surface area contributed by atoms with E-state index in [1.54, 1.807) is 0 Å². The van der Waals surface area contributed by atoms with Crippen LogP contribution in [0.1, 0.15) is 46.5 Å². The standard InChI is InChI=1S/C10H20S2.2CH3.Sn/c1-9(2)7-5-4-6-8-12-10(3)11;;;/h9H,4-8H2,1-3H3;2*1H3;. The summed E-state index contributed by atoms with van der Waals surface area (Å²) in [5, 5.41) is 0. The minimum absolute atomic E-state index is 0.230. The Hall–Kier alpha value is 1.24. The van der Waals surface area contributed by atoms with Gasteiger partial charge in [-0.05, 0) is 25.0 Å². The van der Waals surface area contributed by atoms with Crippen LogP contribution < -0.4 is 0 Å². The van der Waals surface area contributed by atoms with Crippen molar-refractivity contribution in [3.63, 3.8) is 0 Å². The van der Waals surface area contributed by atoms with Gasteiger partial charge in [0.25, 0.3) is 0 Å². The second-order valence-electron chi connectivity index (χ2n) is 4.08. The van der Waals surface area contributed by atoms with Gasteiger partial charge in [-0.2, -0.15) is 0 Å². The molecule has 15 heavy (non-hydrogen) atoms. The average Bonchev–Trinajstić information content (AvgIpc) is 2.11. The van der Waals surface area contributed by atoms with Gasteiger partial charge >= 0.3 is 31.0 Å². The quantitative estimate of drug-likeness (QED) is 0.372. The summed E-state index contributed by atoms with van der Waals surface area (Å²) in [5.41, 5.74) is 0. The Bertz CT molecular complexity index is 136. The molecule has 0 spiro atoms. The Labute approximate surface area is 117 Å². The molecule has 0 aliphatic rings. The minimum atomic E-state index is 0.230. The number of rotatable bonds is 6. The fourth-order valence-corrected chi connectivity index (χ4v) is 1.93.